The fraction of sp³-hybridized carbons (Fsp3) is 0.727. The van der Waals surface area contributed by atoms with Crippen LogP contribution in [-0.2, 0) is 16.3 Å². The Morgan fingerprint density at radius 1 is 1.59 bits per heavy atom. The number of hydrogen-bond donors (Lipinski definition) is 1. The molecule has 0 bridgehead atoms. The van der Waals surface area contributed by atoms with Crippen LogP contribution in [0.3, 0.4) is 0 Å². The van der Waals surface area contributed by atoms with Gasteiger partial charge in [0, 0.05) is 12.3 Å². The maximum absolute atomic E-state index is 11.4. The predicted octanol–water partition coefficient (Wildman–Crippen LogP) is 0.476. The monoisotopic (exact) mass is 258 g/mol. The van der Waals surface area contributed by atoms with E-state index in [0.29, 0.717) is 6.42 Å². The summed E-state index contributed by atoms with van der Waals surface area (Å²) in [5.74, 6) is 0.470. The summed E-state index contributed by atoms with van der Waals surface area (Å²) in [5, 5.41) is 13.1. The van der Waals surface area contributed by atoms with Gasteiger partial charge >= 0.3 is 0 Å². The van der Waals surface area contributed by atoms with Crippen molar-refractivity contribution in [3.8, 4) is 0 Å². The molecule has 2 rings (SSSR count). The fourth-order valence-corrected chi connectivity index (χ4v) is 4.00. The Labute approximate surface area is 101 Å². The van der Waals surface area contributed by atoms with Gasteiger partial charge in [-0.3, -0.25) is 4.68 Å². The minimum atomic E-state index is -2.87. The molecular weight excluding hydrogens is 240 g/mol. The highest BCUT2D eigenvalue weighted by molar-refractivity contribution is 7.91. The van der Waals surface area contributed by atoms with Crippen LogP contribution >= 0.6 is 0 Å². The molecule has 0 aliphatic carbocycles. The van der Waals surface area contributed by atoms with E-state index in [-0.39, 0.29) is 24.2 Å². The second-order valence-corrected chi connectivity index (χ2v) is 6.81. The highest BCUT2D eigenvalue weighted by Crippen LogP contribution is 2.25. The van der Waals surface area contributed by atoms with Crippen LogP contribution in [0.4, 0.5) is 0 Å². The molecule has 6 heteroatoms. The molecule has 0 radical (unpaired) electrons. The van der Waals surface area contributed by atoms with Crippen LogP contribution in [0.15, 0.2) is 6.20 Å². The van der Waals surface area contributed by atoms with E-state index in [1.165, 1.54) is 0 Å². The molecular formula is C11H18N2O3S. The third-order valence-corrected chi connectivity index (χ3v) is 5.06. The van der Waals surface area contributed by atoms with Gasteiger partial charge in [-0.2, -0.15) is 5.10 Å². The Bertz CT molecular complexity index is 493. The molecule has 1 fully saturated rings. The minimum Gasteiger partial charge on any atom is -0.396 e. The van der Waals surface area contributed by atoms with Crippen molar-refractivity contribution in [3.63, 3.8) is 0 Å². The molecule has 1 aromatic rings. The van der Waals surface area contributed by atoms with E-state index in [4.69, 9.17) is 5.11 Å². The van der Waals surface area contributed by atoms with Crippen LogP contribution in [0, 0.1) is 6.92 Å². The molecule has 1 N–H and O–H groups in total. The lowest BCUT2D eigenvalue weighted by Crippen LogP contribution is -2.14. The third kappa shape index (κ3) is 2.69. The third-order valence-electron chi connectivity index (χ3n) is 3.30. The Kier molecular flexibility index (Phi) is 3.53. The lowest BCUT2D eigenvalue weighted by atomic mass is 10.1. The summed E-state index contributed by atoms with van der Waals surface area (Å²) in [4.78, 5) is 0. The molecule has 2 heterocycles. The molecule has 0 spiro atoms. The van der Waals surface area contributed by atoms with Gasteiger partial charge in [-0.25, -0.2) is 8.42 Å². The summed E-state index contributed by atoms with van der Waals surface area (Å²) in [6, 6.07) is -0.0112. The number of rotatable bonds is 4. The number of aliphatic hydroxyl groups excluding tert-OH is 1. The van der Waals surface area contributed by atoms with Crippen LogP contribution < -0.4 is 0 Å². The van der Waals surface area contributed by atoms with Crippen molar-refractivity contribution >= 4 is 9.84 Å². The van der Waals surface area contributed by atoms with Gasteiger partial charge in [0.15, 0.2) is 9.84 Å². The molecule has 17 heavy (non-hydrogen) atoms. The molecule has 1 aliphatic rings. The summed E-state index contributed by atoms with van der Waals surface area (Å²) in [7, 11) is -2.87. The first-order valence-electron chi connectivity index (χ1n) is 5.88. The second kappa shape index (κ2) is 4.78. The molecule has 1 saturated heterocycles. The van der Waals surface area contributed by atoms with Crippen molar-refractivity contribution < 1.29 is 13.5 Å². The van der Waals surface area contributed by atoms with Crippen LogP contribution in [0.1, 0.15) is 30.1 Å². The quantitative estimate of drug-likeness (QED) is 0.852. The molecule has 5 nitrogen and oxygen atoms in total. The van der Waals surface area contributed by atoms with Crippen molar-refractivity contribution in [3.05, 3.63) is 17.5 Å². The van der Waals surface area contributed by atoms with Gasteiger partial charge in [0.05, 0.1) is 23.7 Å². The van der Waals surface area contributed by atoms with Gasteiger partial charge in [0.25, 0.3) is 0 Å². The molecule has 0 aromatic carbocycles. The highest BCUT2D eigenvalue weighted by Gasteiger charge is 2.30. The summed E-state index contributed by atoms with van der Waals surface area (Å²) in [6.45, 7) is 2.13. The van der Waals surface area contributed by atoms with Gasteiger partial charge in [-0.05, 0) is 31.7 Å². The zero-order valence-electron chi connectivity index (χ0n) is 9.96. The molecule has 1 aromatic heterocycles. The van der Waals surface area contributed by atoms with E-state index in [9.17, 15) is 8.42 Å². The summed E-state index contributed by atoms with van der Waals surface area (Å²) < 4.78 is 24.7. The summed E-state index contributed by atoms with van der Waals surface area (Å²) >= 11 is 0. The number of aromatic nitrogens is 2. The van der Waals surface area contributed by atoms with Crippen LogP contribution in [0.2, 0.25) is 0 Å². The smallest absolute Gasteiger partial charge is 0.152 e. The van der Waals surface area contributed by atoms with Gasteiger partial charge in [0.2, 0.25) is 0 Å². The van der Waals surface area contributed by atoms with Gasteiger partial charge in [0.1, 0.15) is 0 Å². The van der Waals surface area contributed by atoms with Crippen LogP contribution in [-0.4, -0.2) is 41.4 Å². The zero-order valence-corrected chi connectivity index (χ0v) is 10.8. The Morgan fingerprint density at radius 3 is 2.94 bits per heavy atom. The van der Waals surface area contributed by atoms with E-state index in [1.54, 1.807) is 6.20 Å². The van der Waals surface area contributed by atoms with E-state index in [2.05, 4.69) is 5.10 Å². The van der Waals surface area contributed by atoms with E-state index < -0.39 is 9.84 Å². The van der Waals surface area contributed by atoms with Crippen molar-refractivity contribution in [1.82, 2.24) is 9.78 Å². The summed E-state index contributed by atoms with van der Waals surface area (Å²) in [5.41, 5.74) is 2.13. The van der Waals surface area contributed by atoms with E-state index in [1.807, 2.05) is 11.6 Å². The fourth-order valence-electron chi connectivity index (χ4n) is 2.31. The first kappa shape index (κ1) is 12.6. The lowest BCUT2D eigenvalue weighted by Gasteiger charge is -2.11. The number of hydrogen-bond acceptors (Lipinski definition) is 4. The number of nitrogens with zero attached hydrogens (tertiary/aromatic N) is 2. The molecule has 1 atom stereocenters. The van der Waals surface area contributed by atoms with Crippen molar-refractivity contribution in [1.29, 1.82) is 0 Å². The van der Waals surface area contributed by atoms with Crippen molar-refractivity contribution in [2.24, 2.45) is 0 Å². The van der Waals surface area contributed by atoms with Crippen molar-refractivity contribution in [2.75, 3.05) is 18.1 Å². The molecule has 1 unspecified atom stereocenters. The number of aryl methyl sites for hydroxylation is 1. The van der Waals surface area contributed by atoms with Crippen molar-refractivity contribution in [2.45, 2.75) is 32.2 Å². The van der Waals surface area contributed by atoms with E-state index in [0.717, 1.165) is 24.1 Å². The second-order valence-electron chi connectivity index (χ2n) is 4.58. The first-order valence-corrected chi connectivity index (χ1v) is 7.70. The van der Waals surface area contributed by atoms with Crippen LogP contribution in [0.5, 0.6) is 0 Å². The van der Waals surface area contributed by atoms with E-state index >= 15 is 0 Å². The highest BCUT2D eigenvalue weighted by atomic mass is 32.2. The Morgan fingerprint density at radius 2 is 2.35 bits per heavy atom. The number of aliphatic hydroxyl groups is 1. The van der Waals surface area contributed by atoms with Crippen LogP contribution in [0.25, 0.3) is 0 Å². The molecule has 1 aliphatic heterocycles. The normalized spacial score (nSPS) is 23.1. The predicted molar refractivity (Wildman–Crippen MR) is 64.7 cm³/mol. The SMILES string of the molecule is Cc1c(CCCO)cnn1C1CCS(=O)(=O)C1. The lowest BCUT2D eigenvalue weighted by molar-refractivity contribution is 0.288. The van der Waals surface area contributed by atoms with Gasteiger partial charge in [-0.1, -0.05) is 0 Å². The topological polar surface area (TPSA) is 72.2 Å². The van der Waals surface area contributed by atoms with Gasteiger partial charge in [-0.15, -0.1) is 0 Å². The van der Waals surface area contributed by atoms with Gasteiger partial charge < -0.3 is 5.11 Å². The molecule has 96 valence electrons. The Hall–Kier alpha value is -0.880. The standard InChI is InChI=1S/C11H18N2O3S/c1-9-10(3-2-5-14)7-12-13(9)11-4-6-17(15,16)8-11/h7,11,14H,2-6,8H2,1H3. The summed E-state index contributed by atoms with van der Waals surface area (Å²) in [6.07, 6.45) is 3.96. The average molecular weight is 258 g/mol. The Balaban J connectivity index is 2.15. The number of sulfone groups is 1. The zero-order chi connectivity index (χ0) is 12.5. The largest absolute Gasteiger partial charge is 0.396 e. The maximum atomic E-state index is 11.4. The molecule has 0 saturated carbocycles. The maximum Gasteiger partial charge on any atom is 0.152 e. The minimum absolute atomic E-state index is 0.0112. The average Bonchev–Trinajstić information content (AvgIpc) is 2.79. The first-order chi connectivity index (χ1) is 8.03. The molecule has 0 amide bonds.